The van der Waals surface area contributed by atoms with Crippen LogP contribution in [0.15, 0.2) is 48.6 Å². The molecule has 4 aliphatic heterocycles. The van der Waals surface area contributed by atoms with Gasteiger partial charge in [0.15, 0.2) is 0 Å². The number of benzene rings is 1. The molecule has 0 aliphatic carbocycles. The monoisotopic (exact) mass is 581 g/mol. The van der Waals surface area contributed by atoms with Gasteiger partial charge in [-0.2, -0.15) is 0 Å². The number of carbonyl (C=O) groups excluding carboxylic acids is 3. The first-order valence-corrected chi connectivity index (χ1v) is 15.9. The van der Waals surface area contributed by atoms with E-state index in [1.54, 1.807) is 21.6 Å². The van der Waals surface area contributed by atoms with Crippen molar-refractivity contribution in [1.29, 1.82) is 0 Å². The number of hydrogen-bond donors (Lipinski definition) is 1. The second kappa shape index (κ2) is 11.8. The van der Waals surface area contributed by atoms with Crippen LogP contribution in [0.4, 0.5) is 5.69 Å². The number of thioether (sulfide) groups is 1. The van der Waals surface area contributed by atoms with E-state index in [0.717, 1.165) is 30.7 Å². The van der Waals surface area contributed by atoms with E-state index < -0.39 is 33.4 Å². The quantitative estimate of drug-likeness (QED) is 0.332. The SMILES string of the molecule is CCCCCN1CC=C[C@]23S[C@@]4(C)C=CCN(c5ccc(OCC)cc5)C(=O)[C@H]4[C@H]2C(=O)N([C@@H](CC)CO)C3C1=O. The fraction of sp³-hybridized carbons (Fsp3) is 0.594. The van der Waals surface area contributed by atoms with E-state index in [1.807, 2.05) is 62.1 Å². The highest BCUT2D eigenvalue weighted by molar-refractivity contribution is 8.02. The molecule has 1 aromatic rings. The van der Waals surface area contributed by atoms with Crippen molar-refractivity contribution in [2.45, 2.75) is 75.0 Å². The Kier molecular flexibility index (Phi) is 8.58. The average Bonchev–Trinajstić information content (AvgIpc) is 3.23. The molecule has 2 fully saturated rings. The Labute approximate surface area is 247 Å². The maximum Gasteiger partial charge on any atom is 0.247 e. The minimum Gasteiger partial charge on any atom is -0.494 e. The van der Waals surface area contributed by atoms with Gasteiger partial charge in [-0.1, -0.05) is 51.0 Å². The van der Waals surface area contributed by atoms with E-state index in [4.69, 9.17) is 4.74 Å². The van der Waals surface area contributed by atoms with Crippen molar-refractivity contribution in [3.63, 3.8) is 0 Å². The Balaban J connectivity index is 1.57. The van der Waals surface area contributed by atoms with E-state index in [9.17, 15) is 19.5 Å². The number of ether oxygens (including phenoxy) is 1. The summed E-state index contributed by atoms with van der Waals surface area (Å²) in [6.07, 6.45) is 11.7. The lowest BCUT2D eigenvalue weighted by molar-refractivity contribution is -0.145. The fourth-order valence-corrected chi connectivity index (χ4v) is 9.33. The number of aliphatic hydroxyl groups excluding tert-OH is 1. The number of aliphatic hydroxyl groups is 1. The Morgan fingerprint density at radius 1 is 0.976 bits per heavy atom. The van der Waals surface area contributed by atoms with Crippen molar-refractivity contribution in [1.82, 2.24) is 9.80 Å². The first kappa shape index (κ1) is 29.7. The Morgan fingerprint density at radius 2 is 1.71 bits per heavy atom. The van der Waals surface area contributed by atoms with E-state index >= 15 is 0 Å². The lowest BCUT2D eigenvalue weighted by atomic mass is 9.74. The minimum atomic E-state index is -0.905. The number of nitrogens with zero attached hydrogens (tertiary/aromatic N) is 3. The van der Waals surface area contributed by atoms with Crippen LogP contribution in [0.2, 0.25) is 0 Å². The van der Waals surface area contributed by atoms with Gasteiger partial charge in [0.05, 0.1) is 35.8 Å². The molecule has 4 aliphatic rings. The van der Waals surface area contributed by atoms with E-state index in [2.05, 4.69) is 19.1 Å². The molecule has 0 radical (unpaired) electrons. The molecule has 1 N–H and O–H groups in total. The largest absolute Gasteiger partial charge is 0.494 e. The van der Waals surface area contributed by atoms with Gasteiger partial charge in [0, 0.05) is 30.1 Å². The topological polar surface area (TPSA) is 90.4 Å². The average molecular weight is 582 g/mol. The van der Waals surface area contributed by atoms with Crippen molar-refractivity contribution >= 4 is 35.2 Å². The molecule has 6 atom stereocenters. The zero-order chi connectivity index (χ0) is 29.4. The normalized spacial score (nSPS) is 31.6. The maximum absolute atomic E-state index is 14.5. The van der Waals surface area contributed by atoms with Crippen LogP contribution in [0.25, 0.3) is 0 Å². The molecule has 1 spiro atoms. The number of amides is 3. The highest BCUT2D eigenvalue weighted by Gasteiger charge is 2.74. The molecule has 5 rings (SSSR count). The Morgan fingerprint density at radius 3 is 2.37 bits per heavy atom. The first-order valence-electron chi connectivity index (χ1n) is 15.1. The smallest absolute Gasteiger partial charge is 0.247 e. The van der Waals surface area contributed by atoms with Gasteiger partial charge in [-0.25, -0.2) is 0 Å². The first-order chi connectivity index (χ1) is 19.8. The zero-order valence-electron chi connectivity index (χ0n) is 24.6. The summed E-state index contributed by atoms with van der Waals surface area (Å²) < 4.78 is 4.02. The third-order valence-corrected chi connectivity index (χ3v) is 10.9. The van der Waals surface area contributed by atoms with Crippen molar-refractivity contribution < 1.29 is 24.2 Å². The summed E-state index contributed by atoms with van der Waals surface area (Å²) in [5, 5.41) is 10.3. The Bertz CT molecular complexity index is 1210. The van der Waals surface area contributed by atoms with Gasteiger partial charge in [-0.3, -0.25) is 14.4 Å². The van der Waals surface area contributed by atoms with Gasteiger partial charge in [0.1, 0.15) is 11.8 Å². The number of carbonyl (C=O) groups is 3. The van der Waals surface area contributed by atoms with Gasteiger partial charge < -0.3 is 24.5 Å². The number of likely N-dealkylation sites (tertiary alicyclic amines) is 1. The summed E-state index contributed by atoms with van der Waals surface area (Å²) in [7, 11) is 0. The zero-order valence-corrected chi connectivity index (χ0v) is 25.4. The summed E-state index contributed by atoms with van der Waals surface area (Å²) in [5.41, 5.74) is 0.744. The standard InChI is InChI=1S/C32H43N3O5S/c1-5-8-9-18-33-19-11-17-32-26(29(38)35(22(6-2)21-36)27(32)30(33)39)25-28(37)34(20-10-16-31(25,4)41-32)23-12-14-24(15-13-23)40-7-3/h10-17,22,25-27,36H,5-9,18-21H2,1-4H3/t22-,25+,26-,27?,31-,32-/m0/s1. The fourth-order valence-electron chi connectivity index (χ4n) is 7.19. The molecule has 0 saturated carbocycles. The molecule has 2 saturated heterocycles. The van der Waals surface area contributed by atoms with Crippen LogP contribution < -0.4 is 9.64 Å². The van der Waals surface area contributed by atoms with E-state index in [1.165, 1.54) is 0 Å². The van der Waals surface area contributed by atoms with Gasteiger partial charge in [-0.15, -0.1) is 11.8 Å². The second-order valence-corrected chi connectivity index (χ2v) is 13.5. The number of unbranched alkanes of at least 4 members (excludes halogenated alkanes) is 2. The van der Waals surface area contributed by atoms with Crippen LogP contribution in [-0.2, 0) is 14.4 Å². The second-order valence-electron chi connectivity index (χ2n) is 11.7. The summed E-state index contributed by atoms with van der Waals surface area (Å²) in [4.78, 5) is 48.7. The predicted molar refractivity (Wildman–Crippen MR) is 162 cm³/mol. The van der Waals surface area contributed by atoms with Crippen molar-refractivity contribution in [2.75, 3.05) is 37.7 Å². The van der Waals surface area contributed by atoms with Gasteiger partial charge >= 0.3 is 0 Å². The molecule has 1 unspecified atom stereocenters. The van der Waals surface area contributed by atoms with Gasteiger partial charge in [0.25, 0.3) is 0 Å². The molecule has 4 heterocycles. The van der Waals surface area contributed by atoms with E-state index in [0.29, 0.717) is 32.7 Å². The molecule has 0 bridgehead atoms. The Hall–Kier alpha value is -2.78. The van der Waals surface area contributed by atoms with Crippen LogP contribution in [0.1, 0.15) is 53.4 Å². The molecule has 8 nitrogen and oxygen atoms in total. The lowest BCUT2D eigenvalue weighted by Gasteiger charge is -2.39. The molecule has 41 heavy (non-hydrogen) atoms. The number of hydrogen-bond acceptors (Lipinski definition) is 6. The van der Waals surface area contributed by atoms with Crippen molar-refractivity contribution in [3.05, 3.63) is 48.6 Å². The van der Waals surface area contributed by atoms with Crippen molar-refractivity contribution in [3.8, 4) is 5.75 Å². The summed E-state index contributed by atoms with van der Waals surface area (Å²) in [6, 6.07) is 6.21. The third-order valence-electron chi connectivity index (χ3n) is 9.14. The van der Waals surface area contributed by atoms with Crippen LogP contribution >= 0.6 is 11.8 Å². The van der Waals surface area contributed by atoms with Gasteiger partial charge in [0.2, 0.25) is 17.7 Å². The van der Waals surface area contributed by atoms with Crippen LogP contribution in [0.5, 0.6) is 5.75 Å². The molecule has 9 heteroatoms. The van der Waals surface area contributed by atoms with Crippen LogP contribution in [-0.4, -0.2) is 87.1 Å². The highest BCUT2D eigenvalue weighted by atomic mass is 32.2. The molecular formula is C32H43N3O5S. The number of fused-ring (bicyclic) bond motifs is 2. The number of anilines is 1. The number of rotatable bonds is 10. The third kappa shape index (κ3) is 4.88. The molecule has 1 aromatic carbocycles. The summed E-state index contributed by atoms with van der Waals surface area (Å²) in [6.45, 7) is 9.86. The van der Waals surface area contributed by atoms with Crippen molar-refractivity contribution in [2.24, 2.45) is 11.8 Å². The predicted octanol–water partition coefficient (Wildman–Crippen LogP) is 4.04. The maximum atomic E-state index is 14.5. The van der Waals surface area contributed by atoms with Crippen LogP contribution in [0.3, 0.4) is 0 Å². The molecular weight excluding hydrogens is 538 g/mol. The lowest BCUT2D eigenvalue weighted by Crippen LogP contribution is -2.56. The summed E-state index contributed by atoms with van der Waals surface area (Å²) >= 11 is 1.58. The molecule has 0 aromatic heterocycles. The minimum absolute atomic E-state index is 0.0822. The molecule has 222 valence electrons. The molecule has 3 amide bonds. The van der Waals surface area contributed by atoms with Gasteiger partial charge in [-0.05, 0) is 51.0 Å². The van der Waals surface area contributed by atoms with Crippen LogP contribution in [0, 0.1) is 11.8 Å². The highest BCUT2D eigenvalue weighted by Crippen LogP contribution is 2.66. The van der Waals surface area contributed by atoms with E-state index in [-0.39, 0.29) is 24.3 Å². The summed E-state index contributed by atoms with van der Waals surface area (Å²) in [5.74, 6) is -1.06.